The highest BCUT2D eigenvalue weighted by Crippen LogP contribution is 2.41. The second-order valence-electron chi connectivity index (χ2n) is 9.07. The SMILES string of the molecule is CCN(CC(=O)OCc1ccc(F)cc1)CC1=CC(C(F)(F)F)CC=C1c1cc(CC(=O)OC)ccc1OC. The lowest BCUT2D eigenvalue weighted by molar-refractivity contribution is -0.160. The Morgan fingerprint density at radius 1 is 1.03 bits per heavy atom. The molecule has 0 saturated carbocycles. The molecule has 1 aliphatic rings. The van der Waals surface area contributed by atoms with Gasteiger partial charge in [-0.3, -0.25) is 14.5 Å². The molecule has 0 radical (unpaired) electrons. The van der Waals surface area contributed by atoms with Crippen molar-refractivity contribution in [1.29, 1.82) is 0 Å². The molecule has 2 aromatic rings. The Bertz CT molecular complexity index is 1220. The van der Waals surface area contributed by atoms with Gasteiger partial charge < -0.3 is 14.2 Å². The van der Waals surface area contributed by atoms with Crippen molar-refractivity contribution in [3.05, 3.63) is 82.7 Å². The van der Waals surface area contributed by atoms with Crippen LogP contribution in [0.15, 0.2) is 60.2 Å². The van der Waals surface area contributed by atoms with E-state index in [2.05, 4.69) is 0 Å². The van der Waals surface area contributed by atoms with E-state index in [0.717, 1.165) is 0 Å². The monoisotopic (exact) mass is 549 g/mol. The van der Waals surface area contributed by atoms with Gasteiger partial charge in [-0.25, -0.2) is 4.39 Å². The molecule has 1 atom stereocenters. The molecule has 0 saturated heterocycles. The molecule has 0 fully saturated rings. The molecule has 0 aliphatic heterocycles. The Balaban J connectivity index is 1.84. The highest BCUT2D eigenvalue weighted by molar-refractivity contribution is 5.84. The fourth-order valence-electron chi connectivity index (χ4n) is 4.23. The smallest absolute Gasteiger partial charge is 0.395 e. The fraction of sp³-hybridized carbons (Fsp3) is 0.379. The highest BCUT2D eigenvalue weighted by atomic mass is 19.4. The van der Waals surface area contributed by atoms with Gasteiger partial charge in [-0.1, -0.05) is 37.3 Å². The molecule has 0 heterocycles. The van der Waals surface area contributed by atoms with Gasteiger partial charge in [-0.15, -0.1) is 0 Å². The van der Waals surface area contributed by atoms with E-state index in [1.54, 1.807) is 30.0 Å². The average Bonchev–Trinajstić information content (AvgIpc) is 2.91. The number of benzene rings is 2. The first-order valence-electron chi connectivity index (χ1n) is 12.4. The lowest BCUT2D eigenvalue weighted by Gasteiger charge is -2.28. The molecule has 2 aromatic carbocycles. The maximum absolute atomic E-state index is 13.7. The minimum atomic E-state index is -4.44. The second kappa shape index (κ2) is 13.4. The number of nitrogens with zero attached hydrogens (tertiary/aromatic N) is 1. The number of allylic oxidation sites excluding steroid dienone is 2. The van der Waals surface area contributed by atoms with Gasteiger partial charge in [0, 0.05) is 12.1 Å². The van der Waals surface area contributed by atoms with Crippen LogP contribution in [0.2, 0.25) is 0 Å². The van der Waals surface area contributed by atoms with E-state index in [1.165, 1.54) is 50.6 Å². The van der Waals surface area contributed by atoms with Crippen molar-refractivity contribution in [2.24, 2.45) is 5.92 Å². The predicted molar refractivity (Wildman–Crippen MR) is 137 cm³/mol. The number of carbonyl (C=O) groups is 2. The van der Waals surface area contributed by atoms with E-state index < -0.39 is 29.9 Å². The third-order valence-electron chi connectivity index (χ3n) is 6.38. The zero-order chi connectivity index (χ0) is 28.6. The van der Waals surface area contributed by atoms with E-state index in [0.29, 0.717) is 40.1 Å². The lowest BCUT2D eigenvalue weighted by atomic mass is 9.85. The van der Waals surface area contributed by atoms with Gasteiger partial charge in [0.2, 0.25) is 0 Å². The van der Waals surface area contributed by atoms with Crippen LogP contribution in [0.5, 0.6) is 5.75 Å². The quantitative estimate of drug-likeness (QED) is 0.272. The predicted octanol–water partition coefficient (Wildman–Crippen LogP) is 5.51. The summed E-state index contributed by atoms with van der Waals surface area (Å²) in [6.07, 6.45) is -1.98. The first-order valence-corrected chi connectivity index (χ1v) is 12.4. The summed E-state index contributed by atoms with van der Waals surface area (Å²) < 4.78 is 69.7. The van der Waals surface area contributed by atoms with Crippen LogP contribution in [0, 0.1) is 11.7 Å². The minimum absolute atomic E-state index is 0.00796. The summed E-state index contributed by atoms with van der Waals surface area (Å²) in [6.45, 7) is 2.00. The molecule has 1 aliphatic carbocycles. The van der Waals surface area contributed by atoms with Crippen molar-refractivity contribution < 1.29 is 41.4 Å². The molecule has 6 nitrogen and oxygen atoms in total. The summed E-state index contributed by atoms with van der Waals surface area (Å²) in [5.74, 6) is -2.66. The topological polar surface area (TPSA) is 65.1 Å². The summed E-state index contributed by atoms with van der Waals surface area (Å²) in [4.78, 5) is 26.0. The molecule has 0 amide bonds. The first kappa shape index (κ1) is 29.9. The van der Waals surface area contributed by atoms with Crippen LogP contribution in [0.4, 0.5) is 17.6 Å². The summed E-state index contributed by atoms with van der Waals surface area (Å²) in [7, 11) is 2.73. The molecule has 3 rings (SSSR count). The van der Waals surface area contributed by atoms with E-state index in [4.69, 9.17) is 14.2 Å². The molecule has 0 bridgehead atoms. The Morgan fingerprint density at radius 2 is 1.72 bits per heavy atom. The second-order valence-corrected chi connectivity index (χ2v) is 9.07. The zero-order valence-electron chi connectivity index (χ0n) is 22.0. The molecule has 39 heavy (non-hydrogen) atoms. The molecule has 0 aromatic heterocycles. The van der Waals surface area contributed by atoms with Crippen molar-refractivity contribution in [2.75, 3.05) is 33.9 Å². The van der Waals surface area contributed by atoms with E-state index >= 15 is 0 Å². The van der Waals surface area contributed by atoms with Gasteiger partial charge in [-0.05, 0) is 59.5 Å². The third-order valence-corrected chi connectivity index (χ3v) is 6.38. The number of alkyl halides is 3. The number of likely N-dealkylation sites (N-methyl/N-ethyl adjacent to an activating group) is 1. The van der Waals surface area contributed by atoms with Crippen LogP contribution < -0.4 is 4.74 Å². The summed E-state index contributed by atoms with van der Waals surface area (Å²) >= 11 is 0. The minimum Gasteiger partial charge on any atom is -0.496 e. The van der Waals surface area contributed by atoms with Crippen molar-refractivity contribution in [1.82, 2.24) is 4.90 Å². The van der Waals surface area contributed by atoms with Gasteiger partial charge in [0.15, 0.2) is 0 Å². The van der Waals surface area contributed by atoms with Crippen LogP contribution in [-0.2, 0) is 32.1 Å². The third kappa shape index (κ3) is 8.41. The zero-order valence-corrected chi connectivity index (χ0v) is 22.0. The molecule has 1 unspecified atom stereocenters. The van der Waals surface area contributed by atoms with Gasteiger partial charge in [0.05, 0.1) is 33.1 Å². The number of halogens is 4. The van der Waals surface area contributed by atoms with Gasteiger partial charge in [0.1, 0.15) is 18.2 Å². The Labute approximate surface area is 224 Å². The molecule has 10 heteroatoms. The first-order chi connectivity index (χ1) is 18.5. The van der Waals surface area contributed by atoms with Crippen LogP contribution in [0.1, 0.15) is 30.0 Å². The van der Waals surface area contributed by atoms with E-state index in [-0.39, 0.29) is 32.5 Å². The molecule has 210 valence electrons. The number of ether oxygens (including phenoxy) is 3. The Hall–Kier alpha value is -3.66. The Morgan fingerprint density at radius 3 is 2.33 bits per heavy atom. The van der Waals surface area contributed by atoms with Gasteiger partial charge in [-0.2, -0.15) is 13.2 Å². The summed E-state index contributed by atoms with van der Waals surface area (Å²) in [5, 5.41) is 0. The van der Waals surface area contributed by atoms with Crippen LogP contribution in [0.3, 0.4) is 0 Å². The van der Waals surface area contributed by atoms with E-state index in [9.17, 15) is 27.2 Å². The molecular formula is C29H31F4NO5. The lowest BCUT2D eigenvalue weighted by Crippen LogP contribution is -2.34. The van der Waals surface area contributed by atoms with Crippen molar-refractivity contribution in [3.63, 3.8) is 0 Å². The number of carbonyl (C=O) groups excluding carboxylic acids is 2. The normalized spacial score (nSPS) is 15.4. The highest BCUT2D eigenvalue weighted by Gasteiger charge is 2.39. The van der Waals surface area contributed by atoms with Crippen molar-refractivity contribution >= 4 is 17.5 Å². The average molecular weight is 550 g/mol. The largest absolute Gasteiger partial charge is 0.496 e. The molecule has 0 N–H and O–H groups in total. The Kier molecular flexibility index (Phi) is 10.3. The number of esters is 2. The summed E-state index contributed by atoms with van der Waals surface area (Å²) in [6, 6.07) is 10.6. The maximum Gasteiger partial charge on any atom is 0.395 e. The van der Waals surface area contributed by atoms with E-state index in [1.807, 2.05) is 0 Å². The molecule has 0 spiro atoms. The van der Waals surface area contributed by atoms with Crippen LogP contribution >= 0.6 is 0 Å². The van der Waals surface area contributed by atoms with Crippen molar-refractivity contribution in [3.8, 4) is 5.75 Å². The number of methoxy groups -OCH3 is 2. The van der Waals surface area contributed by atoms with Crippen LogP contribution in [0.25, 0.3) is 5.57 Å². The van der Waals surface area contributed by atoms with Gasteiger partial charge in [0.25, 0.3) is 0 Å². The number of rotatable bonds is 11. The van der Waals surface area contributed by atoms with Crippen molar-refractivity contribution in [2.45, 2.75) is 32.5 Å². The number of hydrogen-bond donors (Lipinski definition) is 0. The maximum atomic E-state index is 13.7. The molecular weight excluding hydrogens is 518 g/mol. The van der Waals surface area contributed by atoms with Crippen LogP contribution in [-0.4, -0.2) is 56.9 Å². The van der Waals surface area contributed by atoms with Gasteiger partial charge >= 0.3 is 18.1 Å². The summed E-state index contributed by atoms with van der Waals surface area (Å²) in [5.41, 5.74) is 2.69. The number of hydrogen-bond acceptors (Lipinski definition) is 6. The fourth-order valence-corrected chi connectivity index (χ4v) is 4.23. The standard InChI is InChI=1S/C29H31F4NO5/c1-4-34(17-28(36)39-18-19-5-9-23(30)10-6-19)16-21-15-22(29(31,32)33)8-11-24(21)25-13-20(14-27(35)38-3)7-12-26(25)37-2/h5-7,9-13,15,22H,4,8,14,16-18H2,1-3H3.